The van der Waals surface area contributed by atoms with Crippen molar-refractivity contribution in [1.29, 1.82) is 5.26 Å². The van der Waals surface area contributed by atoms with Crippen LogP contribution in [0, 0.1) is 11.3 Å². The van der Waals surface area contributed by atoms with E-state index in [1.54, 1.807) is 12.1 Å². The summed E-state index contributed by atoms with van der Waals surface area (Å²) < 4.78 is 5.59. The maximum atomic E-state index is 8.88. The molecule has 0 aromatic heterocycles. The van der Waals surface area contributed by atoms with E-state index in [2.05, 4.69) is 16.4 Å². The Balaban J connectivity index is 0.00000288. The molecule has 0 spiro atoms. The van der Waals surface area contributed by atoms with E-state index in [4.69, 9.17) is 15.7 Å². The summed E-state index contributed by atoms with van der Waals surface area (Å²) >= 11 is 0. The molecule has 0 aliphatic carbocycles. The van der Waals surface area contributed by atoms with Crippen molar-refractivity contribution >= 4 is 35.6 Å². The van der Waals surface area contributed by atoms with Crippen molar-refractivity contribution in [1.82, 2.24) is 0 Å². The molecular weight excluding hydrogens is 415 g/mol. The second-order valence-electron chi connectivity index (χ2n) is 5.33. The Hall–Kier alpha value is -2.27. The number of guanidine groups is 1. The second kappa shape index (κ2) is 9.78. The van der Waals surface area contributed by atoms with Gasteiger partial charge < -0.3 is 15.8 Å². The van der Waals surface area contributed by atoms with Gasteiger partial charge in [-0.1, -0.05) is 12.1 Å². The predicted molar refractivity (Wildman–Crippen MR) is 108 cm³/mol. The quantitative estimate of drug-likeness (QED) is 0.423. The summed E-state index contributed by atoms with van der Waals surface area (Å²) in [5.41, 5.74) is 8.28. The van der Waals surface area contributed by atoms with Crippen molar-refractivity contribution < 1.29 is 4.74 Å². The van der Waals surface area contributed by atoms with Crippen LogP contribution in [0.15, 0.2) is 53.5 Å². The lowest BCUT2D eigenvalue weighted by Crippen LogP contribution is -2.22. The molecule has 5 nitrogen and oxygen atoms in total. The number of nitrogens with two attached hydrogens (primary N) is 1. The molecule has 0 heterocycles. The number of aliphatic imine (C=N–C) groups is 1. The van der Waals surface area contributed by atoms with E-state index >= 15 is 0 Å². The number of halogens is 1. The highest BCUT2D eigenvalue weighted by atomic mass is 127. The van der Waals surface area contributed by atoms with Crippen molar-refractivity contribution in [2.75, 3.05) is 5.32 Å². The minimum absolute atomic E-state index is 0. The SMILES string of the molecule is CC(C)Oc1ccc(NC(N)=NCc2cccc(C#N)c2)cc1.I. The standard InChI is InChI=1S/C18H20N4O.HI/c1-13(2)23-17-8-6-16(7-9-17)22-18(20)21-12-15-5-3-4-14(10-15)11-19;/h3-10,13H,12H2,1-2H3,(H3,20,21,22);1H. The lowest BCUT2D eigenvalue weighted by Gasteiger charge is -2.11. The molecule has 6 heteroatoms. The molecule has 3 N–H and O–H groups in total. The highest BCUT2D eigenvalue weighted by Crippen LogP contribution is 2.16. The number of nitrogens with one attached hydrogen (secondary N) is 1. The summed E-state index contributed by atoms with van der Waals surface area (Å²) in [7, 11) is 0. The molecule has 2 aromatic carbocycles. The lowest BCUT2D eigenvalue weighted by molar-refractivity contribution is 0.242. The van der Waals surface area contributed by atoms with E-state index in [9.17, 15) is 0 Å². The number of hydrogen-bond donors (Lipinski definition) is 2. The highest BCUT2D eigenvalue weighted by Gasteiger charge is 2.00. The Morgan fingerprint density at radius 2 is 1.96 bits per heavy atom. The average molecular weight is 436 g/mol. The Morgan fingerprint density at radius 3 is 2.58 bits per heavy atom. The third-order valence-corrected chi connectivity index (χ3v) is 2.99. The predicted octanol–water partition coefficient (Wildman–Crippen LogP) is 3.89. The molecule has 0 bridgehead atoms. The number of benzene rings is 2. The van der Waals surface area contributed by atoms with E-state index in [0.717, 1.165) is 17.0 Å². The fraction of sp³-hybridized carbons (Fsp3) is 0.222. The molecule has 2 rings (SSSR count). The van der Waals surface area contributed by atoms with Gasteiger partial charge in [0.25, 0.3) is 0 Å². The monoisotopic (exact) mass is 436 g/mol. The van der Waals surface area contributed by atoms with Crippen molar-refractivity contribution in [3.63, 3.8) is 0 Å². The van der Waals surface area contributed by atoms with Crippen LogP contribution in [-0.4, -0.2) is 12.1 Å². The lowest BCUT2D eigenvalue weighted by atomic mass is 10.1. The molecular formula is C18H21IN4O. The van der Waals surface area contributed by atoms with Crippen molar-refractivity contribution in [2.24, 2.45) is 10.7 Å². The first-order valence-corrected chi connectivity index (χ1v) is 7.39. The van der Waals surface area contributed by atoms with Crippen LogP contribution in [0.5, 0.6) is 5.75 Å². The summed E-state index contributed by atoms with van der Waals surface area (Å²) in [6, 6.07) is 16.9. The zero-order valence-corrected chi connectivity index (χ0v) is 16.0. The molecule has 0 fully saturated rings. The molecule has 24 heavy (non-hydrogen) atoms. The number of hydrogen-bond acceptors (Lipinski definition) is 3. The molecule has 2 aromatic rings. The van der Waals surface area contributed by atoms with Crippen LogP contribution in [-0.2, 0) is 6.54 Å². The van der Waals surface area contributed by atoms with Gasteiger partial charge in [0, 0.05) is 5.69 Å². The summed E-state index contributed by atoms with van der Waals surface area (Å²) in [4.78, 5) is 4.28. The van der Waals surface area contributed by atoms with E-state index in [-0.39, 0.29) is 30.1 Å². The van der Waals surface area contributed by atoms with Crippen LogP contribution in [0.25, 0.3) is 0 Å². The third kappa shape index (κ3) is 6.46. The van der Waals surface area contributed by atoms with E-state index < -0.39 is 0 Å². The fourth-order valence-electron chi connectivity index (χ4n) is 1.99. The van der Waals surface area contributed by atoms with Gasteiger partial charge in [-0.3, -0.25) is 0 Å². The zero-order valence-electron chi connectivity index (χ0n) is 13.7. The second-order valence-corrected chi connectivity index (χ2v) is 5.33. The maximum Gasteiger partial charge on any atom is 0.193 e. The zero-order chi connectivity index (χ0) is 16.7. The molecule has 0 aliphatic heterocycles. The molecule has 0 saturated carbocycles. The summed E-state index contributed by atoms with van der Waals surface area (Å²) in [6.07, 6.45) is 0.143. The van der Waals surface area contributed by atoms with Crippen LogP contribution >= 0.6 is 24.0 Å². The molecule has 0 aliphatic rings. The Labute approximate surface area is 159 Å². The molecule has 0 radical (unpaired) electrons. The van der Waals surface area contributed by atoms with Crippen LogP contribution in [0.2, 0.25) is 0 Å². The third-order valence-electron chi connectivity index (χ3n) is 2.99. The number of rotatable bonds is 5. The Morgan fingerprint density at radius 1 is 1.25 bits per heavy atom. The van der Waals surface area contributed by atoms with Gasteiger partial charge in [0.1, 0.15) is 5.75 Å². The molecule has 126 valence electrons. The first kappa shape index (κ1) is 19.8. The minimum Gasteiger partial charge on any atom is -0.491 e. The van der Waals surface area contributed by atoms with Crippen molar-refractivity contribution in [3.05, 3.63) is 59.7 Å². The number of nitrogens with zero attached hydrogens (tertiary/aromatic N) is 2. The minimum atomic E-state index is 0. The average Bonchev–Trinajstić information content (AvgIpc) is 2.54. The number of nitriles is 1. The summed E-state index contributed by atoms with van der Waals surface area (Å²) in [5, 5.41) is 11.9. The Kier molecular flexibility index (Phi) is 8.06. The number of ether oxygens (including phenoxy) is 1. The maximum absolute atomic E-state index is 8.88. The smallest absolute Gasteiger partial charge is 0.193 e. The summed E-state index contributed by atoms with van der Waals surface area (Å²) in [5.74, 6) is 1.14. The Bertz CT molecular complexity index is 721. The topological polar surface area (TPSA) is 83.4 Å². The van der Waals surface area contributed by atoms with Gasteiger partial charge in [-0.15, -0.1) is 24.0 Å². The van der Waals surface area contributed by atoms with Gasteiger partial charge in [0.15, 0.2) is 5.96 Å². The van der Waals surface area contributed by atoms with Gasteiger partial charge in [-0.05, 0) is 55.8 Å². The van der Waals surface area contributed by atoms with Gasteiger partial charge in [0.2, 0.25) is 0 Å². The van der Waals surface area contributed by atoms with Crippen LogP contribution in [0.3, 0.4) is 0 Å². The van der Waals surface area contributed by atoms with Crippen LogP contribution in [0.1, 0.15) is 25.0 Å². The molecule has 0 unspecified atom stereocenters. The van der Waals surface area contributed by atoms with Gasteiger partial charge >= 0.3 is 0 Å². The van der Waals surface area contributed by atoms with E-state index in [1.165, 1.54) is 0 Å². The molecule has 0 saturated heterocycles. The highest BCUT2D eigenvalue weighted by molar-refractivity contribution is 14.0. The normalized spacial score (nSPS) is 10.7. The number of anilines is 1. The van der Waals surface area contributed by atoms with Crippen molar-refractivity contribution in [3.8, 4) is 11.8 Å². The largest absolute Gasteiger partial charge is 0.491 e. The first-order chi connectivity index (χ1) is 11.1. The fourth-order valence-corrected chi connectivity index (χ4v) is 1.99. The van der Waals surface area contributed by atoms with Crippen LogP contribution in [0.4, 0.5) is 5.69 Å². The van der Waals surface area contributed by atoms with Gasteiger partial charge in [-0.25, -0.2) is 4.99 Å². The van der Waals surface area contributed by atoms with Crippen LogP contribution < -0.4 is 15.8 Å². The first-order valence-electron chi connectivity index (χ1n) is 7.39. The van der Waals surface area contributed by atoms with Crippen molar-refractivity contribution in [2.45, 2.75) is 26.5 Å². The van der Waals surface area contributed by atoms with E-state index in [0.29, 0.717) is 18.1 Å². The van der Waals surface area contributed by atoms with Gasteiger partial charge in [0.05, 0.1) is 24.3 Å². The summed E-state index contributed by atoms with van der Waals surface area (Å²) in [6.45, 7) is 4.39. The molecule has 0 atom stereocenters. The van der Waals surface area contributed by atoms with Gasteiger partial charge in [-0.2, -0.15) is 5.26 Å². The van der Waals surface area contributed by atoms with E-state index in [1.807, 2.05) is 50.2 Å². The molecule has 0 amide bonds.